The zero-order chi connectivity index (χ0) is 78.7. The van der Waals surface area contributed by atoms with Crippen LogP contribution in [0.5, 0.6) is 0 Å². The van der Waals surface area contributed by atoms with Crippen LogP contribution in [0.1, 0.15) is 151 Å². The van der Waals surface area contributed by atoms with Crippen LogP contribution in [-0.2, 0) is 70.6 Å². The summed E-state index contributed by atoms with van der Waals surface area (Å²) >= 11 is 0. The summed E-state index contributed by atoms with van der Waals surface area (Å²) in [6.07, 6.45) is -5.13. The molecule has 3 aromatic rings. The highest BCUT2D eigenvalue weighted by molar-refractivity contribution is 5.99. The Labute approximate surface area is 615 Å². The van der Waals surface area contributed by atoms with Crippen LogP contribution in [0, 0.1) is 28.6 Å². The fourth-order valence-electron chi connectivity index (χ4n) is 10.8. The van der Waals surface area contributed by atoms with E-state index >= 15 is 14.4 Å². The summed E-state index contributed by atoms with van der Waals surface area (Å²) in [6, 6.07) is 9.93. The van der Waals surface area contributed by atoms with E-state index in [1.165, 1.54) is 40.0 Å². The van der Waals surface area contributed by atoms with Gasteiger partial charge in [-0.1, -0.05) is 181 Å². The largest absolute Gasteiger partial charge is 0.445 e. The fraction of sp³-hybridized carbons (Fsp3) is 0.595. The standard InChI is InChI=1S/C74H115N13O18/c1-15-45(6)56(68(99)84-57(46(7)90)67(98)78-39-55(91)76-34-35-88)83-62(93)50(32-25-33-77-71(102)104-41-47-26-19-16-20-27-47)79-63(94)51(36-43(2)3)80-70(101)60(61(92)44(4)5)87-69(100)59(58(49-30-23-18-24-31-49)85-66(97)54(40-89)75-14)86-65(96)52(37-73(8,9)10)81-64(95)53(38-74(11,12)13)82-72(103)105-42-48-28-21-17-22-29-48/h16-24,26-31,43-46,50-54,56-61,75,88-90,92H,15,25,32-42H2,1-14H3,(H,76,91)(H,77,102)(H,78,98)(H,79,94)(H,80,101)(H,81,95)(H,82,103)(H,83,93)(H,84,99)(H,85,97)(H,86,96)(H,87,100)/t45-,46-,50+,51-,52-,53+,54?,56-,57-,58+,59-,60-,61+/m0/s1. The van der Waals surface area contributed by atoms with Crippen LogP contribution in [0.3, 0.4) is 0 Å². The molecule has 31 nitrogen and oxygen atoms in total. The van der Waals surface area contributed by atoms with Crippen LogP contribution < -0.4 is 69.1 Å². The molecule has 17 N–H and O–H groups in total. The number of alkyl carbamates (subject to hydrolysis) is 2. The number of aliphatic hydroxyl groups excluding tert-OH is 4. The summed E-state index contributed by atoms with van der Waals surface area (Å²) in [4.78, 5) is 170. The molecule has 584 valence electrons. The van der Waals surface area contributed by atoms with Crippen LogP contribution in [0.4, 0.5) is 9.59 Å². The molecule has 0 aliphatic rings. The average Bonchev–Trinajstić information content (AvgIpc) is 0.812. The van der Waals surface area contributed by atoms with E-state index < -0.39 is 180 Å². The van der Waals surface area contributed by atoms with Gasteiger partial charge in [-0.3, -0.25) is 47.9 Å². The van der Waals surface area contributed by atoms with Gasteiger partial charge in [-0.2, -0.15) is 0 Å². The quantitative estimate of drug-likeness (QED) is 0.0356. The second-order valence-electron chi connectivity index (χ2n) is 29.2. The number of hydrogen-bond acceptors (Lipinski definition) is 19. The molecule has 0 radical (unpaired) electrons. The fourth-order valence-corrected chi connectivity index (χ4v) is 10.8. The topological polar surface area (TPSA) is 461 Å². The van der Waals surface area contributed by atoms with E-state index in [1.54, 1.807) is 127 Å². The smallest absolute Gasteiger partial charge is 0.408 e. The number of likely N-dealkylation sites (N-methyl/N-ethyl adjacent to an activating group) is 1. The lowest BCUT2D eigenvalue weighted by atomic mass is 9.86. The SMILES string of the molecule is CC[C@H](C)[C@H](NC(=O)[C@@H](CCCNC(=O)OCc1ccccc1)NC(=O)[C@H](CC(C)C)NC(=O)[C@@H](NC(=O)[C@@H](NC(=O)[C@H](CC(C)(C)C)NC(=O)[C@@H](CC(C)(C)C)NC(=O)OCc1ccccc1)[C@H](NC(=O)C(CO)NC)c1ccccc1)[C@H](O)C(C)C)C(=O)N[C@H](C(=O)NCC(=O)NCCO)[C@H](C)O. The lowest BCUT2D eigenvalue weighted by molar-refractivity contribution is -0.139. The maximum Gasteiger partial charge on any atom is 0.408 e. The summed E-state index contributed by atoms with van der Waals surface area (Å²) in [5, 5.41) is 76.0. The minimum absolute atomic E-state index is 0.00689. The van der Waals surface area contributed by atoms with Crippen molar-refractivity contribution in [3.63, 3.8) is 0 Å². The normalized spacial score (nSPS) is 15.2. The van der Waals surface area contributed by atoms with Gasteiger partial charge in [-0.25, -0.2) is 9.59 Å². The monoisotopic (exact) mass is 1470 g/mol. The van der Waals surface area contributed by atoms with Gasteiger partial charge in [0.25, 0.3) is 0 Å². The molecule has 1 unspecified atom stereocenters. The third-order valence-corrected chi connectivity index (χ3v) is 16.7. The van der Waals surface area contributed by atoms with Gasteiger partial charge in [-0.05, 0) is 91.3 Å². The van der Waals surface area contributed by atoms with Gasteiger partial charge in [0.1, 0.15) is 67.6 Å². The van der Waals surface area contributed by atoms with Crippen LogP contribution in [0.2, 0.25) is 0 Å². The Morgan fingerprint density at radius 2 is 0.905 bits per heavy atom. The number of hydrogen-bond donors (Lipinski definition) is 17. The Morgan fingerprint density at radius 3 is 1.41 bits per heavy atom. The summed E-state index contributed by atoms with van der Waals surface area (Å²) in [7, 11) is 1.40. The van der Waals surface area contributed by atoms with E-state index in [0.29, 0.717) is 11.1 Å². The first-order valence-corrected chi connectivity index (χ1v) is 35.6. The first-order valence-electron chi connectivity index (χ1n) is 35.6. The van der Waals surface area contributed by atoms with Crippen molar-refractivity contribution in [1.29, 1.82) is 0 Å². The number of amides is 12. The predicted octanol–water partition coefficient (Wildman–Crippen LogP) is 1.41. The molecule has 0 fully saturated rings. The van der Waals surface area contributed by atoms with Gasteiger partial charge >= 0.3 is 12.2 Å². The first kappa shape index (κ1) is 89.9. The zero-order valence-electron chi connectivity index (χ0n) is 63.0. The second kappa shape index (κ2) is 45.2. The Balaban J connectivity index is 2.16. The second-order valence-corrected chi connectivity index (χ2v) is 29.2. The number of aliphatic hydroxyl groups is 4. The van der Waals surface area contributed by atoms with E-state index in [2.05, 4.69) is 69.1 Å². The minimum atomic E-state index is -1.97. The number of benzene rings is 3. The number of carbonyl (C=O) groups excluding carboxylic acids is 12. The summed E-state index contributed by atoms with van der Waals surface area (Å²) in [6.45, 7) is 19.9. The molecule has 0 bridgehead atoms. The van der Waals surface area contributed by atoms with Gasteiger partial charge in [0.2, 0.25) is 59.1 Å². The predicted molar refractivity (Wildman–Crippen MR) is 391 cm³/mol. The third-order valence-electron chi connectivity index (χ3n) is 16.7. The molecule has 0 saturated carbocycles. The molecule has 0 aromatic heterocycles. The Kier molecular flexibility index (Phi) is 38.7. The van der Waals surface area contributed by atoms with Crippen molar-refractivity contribution in [3.05, 3.63) is 108 Å². The van der Waals surface area contributed by atoms with Crippen molar-refractivity contribution < 1.29 is 87.4 Å². The third kappa shape index (κ3) is 33.1. The number of carbonyl (C=O) groups is 12. The molecule has 0 aliphatic carbocycles. The van der Waals surface area contributed by atoms with Crippen molar-refractivity contribution in [2.45, 2.75) is 214 Å². The lowest BCUT2D eigenvalue weighted by Gasteiger charge is -2.35. The van der Waals surface area contributed by atoms with Gasteiger partial charge in [0, 0.05) is 13.1 Å². The molecule has 31 heteroatoms. The van der Waals surface area contributed by atoms with Crippen molar-refractivity contribution in [2.24, 2.45) is 28.6 Å². The first-order chi connectivity index (χ1) is 49.4. The summed E-state index contributed by atoms with van der Waals surface area (Å²) in [5.41, 5.74) is 0.301. The van der Waals surface area contributed by atoms with E-state index in [-0.39, 0.29) is 82.9 Å². The highest BCUT2D eigenvalue weighted by atomic mass is 16.6. The number of nitrogens with one attached hydrogen (secondary N) is 13. The molecule has 13 atom stereocenters. The molecule has 0 aliphatic heterocycles. The van der Waals surface area contributed by atoms with Crippen LogP contribution in [-0.4, -0.2) is 198 Å². The van der Waals surface area contributed by atoms with Crippen molar-refractivity contribution in [3.8, 4) is 0 Å². The van der Waals surface area contributed by atoms with Crippen molar-refractivity contribution in [2.75, 3.05) is 39.9 Å². The molecule has 0 heterocycles. The average molecular weight is 1470 g/mol. The highest BCUT2D eigenvalue weighted by Gasteiger charge is 2.43. The molecule has 12 amide bonds. The zero-order valence-corrected chi connectivity index (χ0v) is 63.0. The molecule has 3 rings (SSSR count). The van der Waals surface area contributed by atoms with E-state index in [1.807, 2.05) is 20.8 Å². The number of rotatable bonds is 43. The molecule has 105 heavy (non-hydrogen) atoms. The highest BCUT2D eigenvalue weighted by Crippen LogP contribution is 2.26. The molecule has 3 aromatic carbocycles. The summed E-state index contributed by atoms with van der Waals surface area (Å²) < 4.78 is 10.8. The Morgan fingerprint density at radius 1 is 0.457 bits per heavy atom. The van der Waals surface area contributed by atoms with Crippen LogP contribution in [0.25, 0.3) is 0 Å². The molecule has 0 spiro atoms. The Bertz CT molecular complexity index is 3260. The van der Waals surface area contributed by atoms with Gasteiger partial charge in [0.05, 0.1) is 38.0 Å². The van der Waals surface area contributed by atoms with E-state index in [9.17, 15) is 58.5 Å². The Hall–Kier alpha value is -9.30. The minimum Gasteiger partial charge on any atom is -0.445 e. The maximum atomic E-state index is 15.6. The van der Waals surface area contributed by atoms with Crippen LogP contribution >= 0.6 is 0 Å². The lowest BCUT2D eigenvalue weighted by Crippen LogP contribution is -2.65. The van der Waals surface area contributed by atoms with Gasteiger partial charge in [-0.15, -0.1) is 0 Å². The summed E-state index contributed by atoms with van der Waals surface area (Å²) in [5.74, 6) is -11.3. The van der Waals surface area contributed by atoms with Gasteiger partial charge in [0.15, 0.2) is 0 Å². The molecular weight excluding hydrogens is 1360 g/mol. The number of ether oxygens (including phenoxy) is 2. The molecular formula is C74H115N13O18. The molecule has 0 saturated heterocycles. The van der Waals surface area contributed by atoms with Gasteiger partial charge < -0.3 is 99.0 Å². The van der Waals surface area contributed by atoms with Crippen molar-refractivity contribution >= 4 is 71.3 Å². The van der Waals surface area contributed by atoms with E-state index in [4.69, 9.17) is 14.6 Å². The van der Waals surface area contributed by atoms with Crippen LogP contribution in [0.15, 0.2) is 91.0 Å². The maximum absolute atomic E-state index is 15.6. The van der Waals surface area contributed by atoms with E-state index in [0.717, 1.165) is 0 Å². The van der Waals surface area contributed by atoms with Crippen molar-refractivity contribution in [1.82, 2.24) is 69.1 Å².